The highest BCUT2D eigenvalue weighted by Crippen LogP contribution is 2.37. The molecule has 1 aliphatic rings. The number of hydrogen-bond donors (Lipinski definition) is 1. The van der Waals surface area contributed by atoms with Crippen molar-refractivity contribution in [2.24, 2.45) is 0 Å². The van der Waals surface area contributed by atoms with Crippen LogP contribution < -0.4 is 14.4 Å². The number of rotatable bonds is 6. The molecule has 0 fully saturated rings. The van der Waals surface area contributed by atoms with Crippen LogP contribution in [0.4, 0.5) is 18.9 Å². The summed E-state index contributed by atoms with van der Waals surface area (Å²) >= 11 is 0. The highest BCUT2D eigenvalue weighted by molar-refractivity contribution is 5.97. The lowest BCUT2D eigenvalue weighted by atomic mass is 10.0. The van der Waals surface area contributed by atoms with Gasteiger partial charge in [0.15, 0.2) is 0 Å². The molecule has 1 aliphatic heterocycles. The third kappa shape index (κ3) is 4.51. The fourth-order valence-corrected chi connectivity index (χ4v) is 4.77. The van der Waals surface area contributed by atoms with Gasteiger partial charge in [0.1, 0.15) is 23.1 Å². The lowest BCUT2D eigenvalue weighted by molar-refractivity contribution is -0.170. The molecule has 5 rings (SSSR count). The van der Waals surface area contributed by atoms with Crippen LogP contribution in [-0.2, 0) is 17.8 Å². The molecule has 7 nitrogen and oxygen atoms in total. The average Bonchev–Trinajstić information content (AvgIpc) is 3.42. The Kier molecular flexibility index (Phi) is 6.42. The van der Waals surface area contributed by atoms with E-state index in [4.69, 9.17) is 9.47 Å². The van der Waals surface area contributed by atoms with Crippen LogP contribution in [0.15, 0.2) is 54.6 Å². The van der Waals surface area contributed by atoms with Crippen molar-refractivity contribution in [1.82, 2.24) is 9.55 Å². The van der Waals surface area contributed by atoms with E-state index in [9.17, 15) is 23.1 Å². The van der Waals surface area contributed by atoms with Crippen molar-refractivity contribution in [1.29, 1.82) is 0 Å². The summed E-state index contributed by atoms with van der Waals surface area (Å²) in [5, 5.41) is 10.3. The molecule has 1 aromatic heterocycles. The minimum atomic E-state index is -5.07. The molecule has 1 unspecified atom stereocenters. The molecular weight excluding hydrogens is 499 g/mol. The van der Waals surface area contributed by atoms with Crippen molar-refractivity contribution in [3.05, 3.63) is 71.3 Å². The molecule has 0 saturated heterocycles. The van der Waals surface area contributed by atoms with Crippen LogP contribution in [-0.4, -0.2) is 39.5 Å². The number of fused-ring (bicyclic) bond motifs is 2. The lowest BCUT2D eigenvalue weighted by Crippen LogP contribution is -2.41. The maximum Gasteiger partial charge on any atom is 0.471 e. The van der Waals surface area contributed by atoms with Gasteiger partial charge in [0.2, 0.25) is 0 Å². The van der Waals surface area contributed by atoms with Gasteiger partial charge in [-0.2, -0.15) is 18.2 Å². The first kappa shape index (κ1) is 25.4. The zero-order valence-electron chi connectivity index (χ0n) is 21.0. The second-order valence-corrected chi connectivity index (χ2v) is 9.18. The number of halogens is 3. The fourth-order valence-electron chi connectivity index (χ4n) is 4.77. The van der Waals surface area contributed by atoms with Crippen LogP contribution in [0.3, 0.4) is 0 Å². The van der Waals surface area contributed by atoms with E-state index >= 15 is 0 Å². The molecule has 0 spiro atoms. The van der Waals surface area contributed by atoms with Gasteiger partial charge in [-0.1, -0.05) is 24.3 Å². The number of alkyl halides is 3. The van der Waals surface area contributed by atoms with Crippen LogP contribution in [0.25, 0.3) is 16.7 Å². The van der Waals surface area contributed by atoms with E-state index in [1.54, 1.807) is 54.8 Å². The Morgan fingerprint density at radius 1 is 1.21 bits per heavy atom. The Morgan fingerprint density at radius 2 is 1.97 bits per heavy atom. The van der Waals surface area contributed by atoms with Crippen molar-refractivity contribution < 1.29 is 32.5 Å². The largest absolute Gasteiger partial charge is 0.506 e. The summed E-state index contributed by atoms with van der Waals surface area (Å²) in [6.45, 7) is 5.43. The molecular formula is C28H26F3N3O4. The number of para-hydroxylation sites is 1. The van der Waals surface area contributed by atoms with E-state index < -0.39 is 12.1 Å². The fraction of sp³-hybridized carbons (Fsp3) is 0.286. The van der Waals surface area contributed by atoms with Crippen molar-refractivity contribution in [2.45, 2.75) is 46.0 Å². The number of ether oxygens (including phenoxy) is 2. The number of phenolic OH excluding ortho intramolecular Hbond substituents is 1. The number of imidazole rings is 1. The third-order valence-electron chi connectivity index (χ3n) is 6.58. The molecule has 1 N–H and O–H groups in total. The van der Waals surface area contributed by atoms with E-state index in [1.165, 1.54) is 18.2 Å². The molecule has 10 heteroatoms. The number of aromatic hydroxyl groups is 1. The number of aromatic nitrogens is 2. The standard InChI is InChI=1S/C28H26F3N3O4/c1-4-37-27-32-25-22(9-6-10-23(25)35)34(27)21-8-5-7-19(17(21)3)15-33(26(36)28(29,30)31)20-12-11-18-13-16(2)38-24(18)14-20/h5-12,14,16,35H,4,13,15H2,1-3H3. The molecule has 38 heavy (non-hydrogen) atoms. The molecule has 1 amide bonds. The van der Waals surface area contributed by atoms with Crippen LogP contribution in [0.5, 0.6) is 17.5 Å². The first-order valence-corrected chi connectivity index (χ1v) is 12.2. The number of carbonyl (C=O) groups is 1. The first-order valence-electron chi connectivity index (χ1n) is 12.2. The quantitative estimate of drug-likeness (QED) is 0.341. The molecule has 198 valence electrons. The molecule has 0 aliphatic carbocycles. The molecule has 0 saturated carbocycles. The summed E-state index contributed by atoms with van der Waals surface area (Å²) in [4.78, 5) is 17.8. The van der Waals surface area contributed by atoms with E-state index in [2.05, 4.69) is 4.98 Å². The van der Waals surface area contributed by atoms with Crippen molar-refractivity contribution >= 4 is 22.6 Å². The average molecular weight is 526 g/mol. The zero-order valence-corrected chi connectivity index (χ0v) is 21.0. The van der Waals surface area contributed by atoms with Gasteiger partial charge in [0.25, 0.3) is 0 Å². The third-order valence-corrected chi connectivity index (χ3v) is 6.58. The molecule has 4 aromatic rings. The number of benzene rings is 3. The Balaban J connectivity index is 1.60. The highest BCUT2D eigenvalue weighted by Gasteiger charge is 2.43. The summed E-state index contributed by atoms with van der Waals surface area (Å²) < 4.78 is 54.3. The van der Waals surface area contributed by atoms with Crippen molar-refractivity contribution in [3.63, 3.8) is 0 Å². The van der Waals surface area contributed by atoms with Crippen LogP contribution in [0, 0.1) is 6.92 Å². The summed E-state index contributed by atoms with van der Waals surface area (Å²) in [6.07, 6.45) is -4.51. The normalized spacial score (nSPS) is 14.8. The van der Waals surface area contributed by atoms with Gasteiger partial charge in [-0.25, -0.2) is 0 Å². The van der Waals surface area contributed by atoms with Gasteiger partial charge < -0.3 is 19.5 Å². The minimum absolute atomic E-state index is 0.0221. The van der Waals surface area contributed by atoms with Gasteiger partial charge in [0, 0.05) is 18.2 Å². The number of nitrogens with zero attached hydrogens (tertiary/aromatic N) is 3. The lowest BCUT2D eigenvalue weighted by Gasteiger charge is -2.26. The SMILES string of the molecule is CCOc1nc2c(O)cccc2n1-c1cccc(CN(C(=O)C(F)(F)F)c2ccc3c(c2)OC(C)C3)c1C. The Bertz CT molecular complexity index is 1530. The van der Waals surface area contributed by atoms with Crippen LogP contribution in [0.1, 0.15) is 30.5 Å². The van der Waals surface area contributed by atoms with E-state index in [0.717, 1.165) is 10.5 Å². The van der Waals surface area contributed by atoms with Crippen LogP contribution in [0.2, 0.25) is 0 Å². The Hall–Kier alpha value is -4.21. The number of carbonyl (C=O) groups excluding carboxylic acids is 1. The Morgan fingerprint density at radius 3 is 2.71 bits per heavy atom. The second kappa shape index (κ2) is 9.59. The monoisotopic (exact) mass is 525 g/mol. The van der Waals surface area contributed by atoms with E-state index in [0.29, 0.717) is 46.6 Å². The molecule has 0 bridgehead atoms. The number of phenols is 1. The van der Waals surface area contributed by atoms with E-state index in [-0.39, 0.29) is 30.1 Å². The number of anilines is 1. The van der Waals surface area contributed by atoms with Gasteiger partial charge >= 0.3 is 18.1 Å². The molecule has 0 radical (unpaired) electrons. The maximum atomic E-state index is 13.7. The predicted molar refractivity (Wildman–Crippen MR) is 136 cm³/mol. The summed E-state index contributed by atoms with van der Waals surface area (Å²) in [5.74, 6) is -1.51. The topological polar surface area (TPSA) is 76.8 Å². The Labute approximate surface area is 217 Å². The number of hydrogen-bond acceptors (Lipinski definition) is 5. The van der Waals surface area contributed by atoms with Gasteiger partial charge in [0.05, 0.1) is 24.4 Å². The molecule has 3 aromatic carbocycles. The van der Waals surface area contributed by atoms with Gasteiger partial charge in [-0.3, -0.25) is 9.36 Å². The van der Waals surface area contributed by atoms with Crippen LogP contribution >= 0.6 is 0 Å². The van der Waals surface area contributed by atoms with Crippen molar-refractivity contribution in [2.75, 3.05) is 11.5 Å². The summed E-state index contributed by atoms with van der Waals surface area (Å²) in [7, 11) is 0. The molecule has 2 heterocycles. The number of amides is 1. The first-order chi connectivity index (χ1) is 18.1. The summed E-state index contributed by atoms with van der Waals surface area (Å²) in [5.41, 5.74) is 3.62. The highest BCUT2D eigenvalue weighted by atomic mass is 19.4. The molecule has 1 atom stereocenters. The van der Waals surface area contributed by atoms with E-state index in [1.807, 2.05) is 6.92 Å². The minimum Gasteiger partial charge on any atom is -0.506 e. The predicted octanol–water partition coefficient (Wildman–Crippen LogP) is 5.86. The maximum absolute atomic E-state index is 13.7. The van der Waals surface area contributed by atoms with Crippen molar-refractivity contribution in [3.8, 4) is 23.2 Å². The summed E-state index contributed by atoms with van der Waals surface area (Å²) in [6, 6.07) is 15.1. The zero-order chi connectivity index (χ0) is 27.2. The second-order valence-electron chi connectivity index (χ2n) is 9.18. The van der Waals surface area contributed by atoms with Gasteiger partial charge in [-0.05, 0) is 61.7 Å². The van der Waals surface area contributed by atoms with Gasteiger partial charge in [-0.15, -0.1) is 0 Å². The smallest absolute Gasteiger partial charge is 0.471 e.